The number of methoxy groups -OCH3 is 2. The van der Waals surface area contributed by atoms with Crippen LogP contribution in [0.25, 0.3) is 0 Å². The number of hydrogen-bond acceptors (Lipinski definition) is 7. The Kier molecular flexibility index (Phi) is 8.37. The second-order valence-electron chi connectivity index (χ2n) is 6.96. The highest BCUT2D eigenvalue weighted by Gasteiger charge is 2.18. The molecule has 0 spiro atoms. The van der Waals surface area contributed by atoms with Crippen LogP contribution >= 0.6 is 11.8 Å². The summed E-state index contributed by atoms with van der Waals surface area (Å²) in [5, 5.41) is 0. The monoisotopic (exact) mass is 487 g/mol. The van der Waals surface area contributed by atoms with Crippen molar-refractivity contribution in [2.75, 3.05) is 26.5 Å². The van der Waals surface area contributed by atoms with Gasteiger partial charge in [0.1, 0.15) is 17.2 Å². The van der Waals surface area contributed by atoms with Crippen molar-refractivity contribution in [1.29, 1.82) is 0 Å². The van der Waals surface area contributed by atoms with Gasteiger partial charge in [-0.1, -0.05) is 6.07 Å². The quantitative estimate of drug-likeness (QED) is 0.253. The van der Waals surface area contributed by atoms with Crippen LogP contribution in [0, 0.1) is 6.92 Å². The van der Waals surface area contributed by atoms with Crippen LogP contribution in [-0.4, -0.2) is 40.9 Å². The van der Waals surface area contributed by atoms with E-state index in [9.17, 15) is 13.2 Å². The molecule has 0 fully saturated rings. The Labute approximate surface area is 198 Å². The van der Waals surface area contributed by atoms with E-state index in [1.165, 1.54) is 31.0 Å². The number of hydrogen-bond donors (Lipinski definition) is 1. The molecular weight excluding hydrogens is 462 g/mol. The molecule has 3 rings (SSSR count). The molecule has 1 N–H and O–H groups in total. The van der Waals surface area contributed by atoms with Gasteiger partial charge in [0.2, 0.25) is 10.0 Å². The van der Waals surface area contributed by atoms with E-state index in [1.807, 2.05) is 48.5 Å². The summed E-state index contributed by atoms with van der Waals surface area (Å²) in [7, 11) is -0.870. The number of thioether (sulfide) groups is 1. The molecule has 0 unspecified atom stereocenters. The molecule has 3 aromatic rings. The van der Waals surface area contributed by atoms with Gasteiger partial charge in [-0.05, 0) is 73.2 Å². The number of esters is 1. The molecule has 33 heavy (non-hydrogen) atoms. The van der Waals surface area contributed by atoms with Crippen molar-refractivity contribution in [2.45, 2.75) is 16.7 Å². The summed E-state index contributed by atoms with van der Waals surface area (Å²) in [4.78, 5) is 12.8. The summed E-state index contributed by atoms with van der Waals surface area (Å²) in [6.07, 6.45) is 0. The molecule has 0 bridgehead atoms. The molecule has 0 aliphatic heterocycles. The van der Waals surface area contributed by atoms with Crippen molar-refractivity contribution in [3.8, 4) is 17.2 Å². The summed E-state index contributed by atoms with van der Waals surface area (Å²) in [5.74, 6) is 2.13. The maximum Gasteiger partial charge on any atom is 0.338 e. The van der Waals surface area contributed by atoms with E-state index in [1.54, 1.807) is 20.1 Å². The summed E-state index contributed by atoms with van der Waals surface area (Å²) in [6, 6.07) is 19.3. The second-order valence-corrected chi connectivity index (χ2v) is 9.90. The molecule has 0 saturated heterocycles. The van der Waals surface area contributed by atoms with Gasteiger partial charge in [-0.3, -0.25) is 0 Å². The highest BCUT2D eigenvalue weighted by atomic mass is 32.2. The van der Waals surface area contributed by atoms with E-state index in [0.29, 0.717) is 22.8 Å². The number of rotatable bonds is 10. The fourth-order valence-electron chi connectivity index (χ4n) is 2.91. The first-order valence-corrected chi connectivity index (χ1v) is 12.5. The van der Waals surface area contributed by atoms with Gasteiger partial charge < -0.3 is 14.2 Å². The summed E-state index contributed by atoms with van der Waals surface area (Å²) in [6.45, 7) is 1.96. The first-order valence-electron chi connectivity index (χ1n) is 10.1. The number of carbonyl (C=O) groups is 1. The van der Waals surface area contributed by atoms with Crippen molar-refractivity contribution in [2.24, 2.45) is 0 Å². The highest BCUT2D eigenvalue weighted by molar-refractivity contribution is 7.99. The molecular formula is C24H25NO6S2. The fraction of sp³-hybridized carbons (Fsp3) is 0.208. The number of sulfonamides is 1. The van der Waals surface area contributed by atoms with Crippen LogP contribution in [0.2, 0.25) is 0 Å². The Balaban J connectivity index is 1.51. The number of aryl methyl sites for hydroxylation is 1. The van der Waals surface area contributed by atoms with Gasteiger partial charge >= 0.3 is 5.97 Å². The lowest BCUT2D eigenvalue weighted by Crippen LogP contribution is -2.26. The van der Waals surface area contributed by atoms with E-state index in [0.717, 1.165) is 10.6 Å². The van der Waals surface area contributed by atoms with Gasteiger partial charge in [0.05, 0.1) is 24.7 Å². The largest absolute Gasteiger partial charge is 0.497 e. The SMILES string of the molecule is COC(=O)c1cc(S(=O)(=O)NCCSc2ccc(Oc3ccc(OC)cc3)cc2)ccc1C. The van der Waals surface area contributed by atoms with Gasteiger partial charge in [0, 0.05) is 17.2 Å². The van der Waals surface area contributed by atoms with Gasteiger partial charge in [-0.15, -0.1) is 11.8 Å². The number of carbonyl (C=O) groups excluding carboxylic acids is 1. The highest BCUT2D eigenvalue weighted by Crippen LogP contribution is 2.26. The van der Waals surface area contributed by atoms with Crippen LogP contribution in [0.15, 0.2) is 76.5 Å². The van der Waals surface area contributed by atoms with Crippen LogP contribution in [0.3, 0.4) is 0 Å². The second kappa shape index (κ2) is 11.2. The lowest BCUT2D eigenvalue weighted by molar-refractivity contribution is 0.0599. The lowest BCUT2D eigenvalue weighted by Gasteiger charge is -2.10. The van der Waals surface area contributed by atoms with Crippen molar-refractivity contribution >= 4 is 27.8 Å². The molecule has 0 aromatic heterocycles. The maximum atomic E-state index is 12.6. The van der Waals surface area contributed by atoms with E-state index in [4.69, 9.17) is 14.2 Å². The average molecular weight is 488 g/mol. The van der Waals surface area contributed by atoms with E-state index < -0.39 is 16.0 Å². The Morgan fingerprint density at radius 3 is 2.12 bits per heavy atom. The maximum absolute atomic E-state index is 12.6. The molecule has 0 saturated carbocycles. The minimum Gasteiger partial charge on any atom is -0.497 e. The average Bonchev–Trinajstić information content (AvgIpc) is 2.83. The predicted molar refractivity (Wildman–Crippen MR) is 128 cm³/mol. The Morgan fingerprint density at radius 1 is 0.909 bits per heavy atom. The topological polar surface area (TPSA) is 90.9 Å². The fourth-order valence-corrected chi connectivity index (χ4v) is 4.87. The Morgan fingerprint density at radius 2 is 1.52 bits per heavy atom. The van der Waals surface area contributed by atoms with Crippen LogP contribution in [0.5, 0.6) is 17.2 Å². The standard InChI is InChI=1S/C24H25NO6S2/c1-17-4-13-22(16-23(17)24(26)30-3)33(27,28)25-14-15-32-21-11-9-20(10-12-21)31-19-7-5-18(29-2)6-8-19/h4-13,16,25H,14-15H2,1-3H3. The molecule has 3 aromatic carbocycles. The lowest BCUT2D eigenvalue weighted by atomic mass is 10.1. The van der Waals surface area contributed by atoms with Crippen molar-refractivity contribution in [3.63, 3.8) is 0 Å². The summed E-state index contributed by atoms with van der Waals surface area (Å²) in [5.41, 5.74) is 0.877. The van der Waals surface area contributed by atoms with Gasteiger partial charge in [0.25, 0.3) is 0 Å². The molecule has 0 heterocycles. The zero-order chi connectivity index (χ0) is 23.8. The number of benzene rings is 3. The molecule has 0 aliphatic rings. The van der Waals surface area contributed by atoms with Gasteiger partial charge in [-0.25, -0.2) is 17.9 Å². The first kappa shape index (κ1) is 24.6. The molecule has 0 atom stereocenters. The van der Waals surface area contributed by atoms with Crippen LogP contribution < -0.4 is 14.2 Å². The smallest absolute Gasteiger partial charge is 0.338 e. The van der Waals surface area contributed by atoms with E-state index in [-0.39, 0.29) is 17.0 Å². The number of ether oxygens (including phenoxy) is 3. The van der Waals surface area contributed by atoms with Crippen LogP contribution in [0.4, 0.5) is 0 Å². The molecule has 7 nitrogen and oxygen atoms in total. The molecule has 9 heteroatoms. The zero-order valence-corrected chi connectivity index (χ0v) is 20.2. The van der Waals surface area contributed by atoms with Gasteiger partial charge in [-0.2, -0.15) is 0 Å². The van der Waals surface area contributed by atoms with Crippen LogP contribution in [-0.2, 0) is 14.8 Å². The third kappa shape index (κ3) is 6.74. The van der Waals surface area contributed by atoms with Gasteiger partial charge in [0.15, 0.2) is 0 Å². The minimum absolute atomic E-state index is 0.0264. The summed E-state index contributed by atoms with van der Waals surface area (Å²) >= 11 is 1.52. The Hall–Kier alpha value is -3.01. The zero-order valence-electron chi connectivity index (χ0n) is 18.5. The third-order valence-corrected chi connectivity index (χ3v) is 7.18. The van der Waals surface area contributed by atoms with Crippen molar-refractivity contribution in [1.82, 2.24) is 4.72 Å². The molecule has 0 aliphatic carbocycles. The number of nitrogens with one attached hydrogen (secondary N) is 1. The summed E-state index contributed by atoms with van der Waals surface area (Å²) < 4.78 is 43.4. The predicted octanol–water partition coefficient (Wildman–Crippen LogP) is 4.65. The molecule has 174 valence electrons. The van der Waals surface area contributed by atoms with E-state index in [2.05, 4.69) is 4.72 Å². The minimum atomic E-state index is -3.74. The third-order valence-electron chi connectivity index (χ3n) is 4.71. The van der Waals surface area contributed by atoms with E-state index >= 15 is 0 Å². The normalized spacial score (nSPS) is 11.1. The van der Waals surface area contributed by atoms with Crippen molar-refractivity contribution in [3.05, 3.63) is 77.9 Å². The van der Waals surface area contributed by atoms with Crippen molar-refractivity contribution < 1.29 is 27.4 Å². The van der Waals surface area contributed by atoms with Crippen LogP contribution in [0.1, 0.15) is 15.9 Å². The molecule has 0 radical (unpaired) electrons. The Bertz CT molecular complexity index is 1190. The first-order chi connectivity index (χ1) is 15.8. The molecule has 0 amide bonds.